The van der Waals surface area contributed by atoms with Crippen molar-refractivity contribution in [3.8, 4) is 0 Å². The van der Waals surface area contributed by atoms with Crippen LogP contribution >= 0.6 is 0 Å². The van der Waals surface area contributed by atoms with E-state index in [1.165, 1.54) is 25.7 Å². The zero-order chi connectivity index (χ0) is 18.0. The van der Waals surface area contributed by atoms with Gasteiger partial charge in [0, 0.05) is 29.6 Å². The molecule has 0 unspecified atom stereocenters. The van der Waals surface area contributed by atoms with Crippen LogP contribution in [0.3, 0.4) is 0 Å². The molecule has 2 heterocycles. The van der Waals surface area contributed by atoms with Crippen molar-refractivity contribution in [2.24, 2.45) is 5.41 Å². The van der Waals surface area contributed by atoms with Crippen LogP contribution in [0.15, 0.2) is 0 Å². The Morgan fingerprint density at radius 3 is 1.96 bits per heavy atom. The van der Waals surface area contributed by atoms with Gasteiger partial charge in [0.2, 0.25) is 5.91 Å². The molecular weight excluding hydrogens is 314 g/mol. The van der Waals surface area contributed by atoms with Crippen LogP contribution < -0.4 is 10.6 Å². The molecule has 0 aromatic carbocycles. The minimum absolute atomic E-state index is 0.121. The molecule has 25 heavy (non-hydrogen) atoms. The van der Waals surface area contributed by atoms with Gasteiger partial charge in [0.15, 0.2) is 0 Å². The lowest BCUT2D eigenvalue weighted by Gasteiger charge is -2.49. The van der Waals surface area contributed by atoms with Crippen LogP contribution in [0.25, 0.3) is 0 Å². The molecule has 3 amide bonds. The van der Waals surface area contributed by atoms with Gasteiger partial charge in [0.25, 0.3) is 0 Å². The molecule has 0 aromatic heterocycles. The van der Waals surface area contributed by atoms with Crippen LogP contribution in [-0.4, -0.2) is 41.0 Å². The summed E-state index contributed by atoms with van der Waals surface area (Å²) >= 11 is 0. The van der Waals surface area contributed by atoms with Gasteiger partial charge in [-0.3, -0.25) is 4.79 Å². The lowest BCUT2D eigenvalue weighted by atomic mass is 9.81. The van der Waals surface area contributed by atoms with Gasteiger partial charge in [-0.1, -0.05) is 40.0 Å². The summed E-state index contributed by atoms with van der Waals surface area (Å²) in [5, 5.41) is 6.53. The highest BCUT2D eigenvalue weighted by Crippen LogP contribution is 2.34. The maximum atomic E-state index is 12.9. The van der Waals surface area contributed by atoms with Crippen molar-refractivity contribution in [2.45, 2.75) is 109 Å². The maximum absolute atomic E-state index is 12.9. The molecule has 3 fully saturated rings. The number of hydrogen-bond donors (Lipinski definition) is 2. The monoisotopic (exact) mass is 349 g/mol. The molecule has 2 atom stereocenters. The van der Waals surface area contributed by atoms with Gasteiger partial charge >= 0.3 is 6.03 Å². The fraction of sp³-hybridized carbons (Fsp3) is 0.900. The van der Waals surface area contributed by atoms with E-state index in [2.05, 4.69) is 15.5 Å². The number of fused-ring (bicyclic) bond motifs is 2. The van der Waals surface area contributed by atoms with E-state index in [1.54, 1.807) is 0 Å². The Morgan fingerprint density at radius 2 is 1.40 bits per heavy atom. The number of carbonyl (C=O) groups excluding carboxylic acids is 2. The van der Waals surface area contributed by atoms with Crippen LogP contribution in [0.4, 0.5) is 4.79 Å². The summed E-state index contributed by atoms with van der Waals surface area (Å²) in [6, 6.07) is 1.27. The summed E-state index contributed by atoms with van der Waals surface area (Å²) in [6.45, 7) is 5.86. The second kappa shape index (κ2) is 7.55. The number of urea groups is 1. The Kier molecular flexibility index (Phi) is 5.59. The van der Waals surface area contributed by atoms with Crippen molar-refractivity contribution in [3.63, 3.8) is 0 Å². The molecule has 0 spiro atoms. The summed E-state index contributed by atoms with van der Waals surface area (Å²) in [7, 11) is 0. The lowest BCUT2D eigenvalue weighted by molar-refractivity contribution is -0.129. The first-order chi connectivity index (χ1) is 11.8. The van der Waals surface area contributed by atoms with Gasteiger partial charge in [-0.25, -0.2) is 4.79 Å². The van der Waals surface area contributed by atoms with E-state index in [0.29, 0.717) is 6.04 Å². The summed E-state index contributed by atoms with van der Waals surface area (Å²) in [6.07, 6.45) is 11.1. The number of hydrogen-bond acceptors (Lipinski definition) is 2. The molecule has 5 heteroatoms. The average molecular weight is 350 g/mol. The fourth-order valence-corrected chi connectivity index (χ4v) is 4.73. The van der Waals surface area contributed by atoms with Crippen molar-refractivity contribution in [2.75, 3.05) is 0 Å². The molecule has 2 aliphatic heterocycles. The summed E-state index contributed by atoms with van der Waals surface area (Å²) in [4.78, 5) is 27.3. The van der Waals surface area contributed by atoms with E-state index in [-0.39, 0.29) is 35.5 Å². The summed E-state index contributed by atoms with van der Waals surface area (Å²) < 4.78 is 0. The first-order valence-corrected chi connectivity index (χ1v) is 10.2. The highest BCUT2D eigenvalue weighted by Gasteiger charge is 2.42. The van der Waals surface area contributed by atoms with Crippen molar-refractivity contribution >= 4 is 11.9 Å². The van der Waals surface area contributed by atoms with Crippen molar-refractivity contribution in [3.05, 3.63) is 0 Å². The number of piperidine rings is 2. The number of carbonyl (C=O) groups is 2. The normalized spacial score (nSPS) is 30.7. The number of nitrogens with zero attached hydrogens (tertiary/aromatic N) is 1. The highest BCUT2D eigenvalue weighted by molar-refractivity contribution is 5.81. The summed E-state index contributed by atoms with van der Waals surface area (Å²) in [5.74, 6) is 0.121. The molecule has 0 radical (unpaired) electrons. The van der Waals surface area contributed by atoms with Gasteiger partial charge in [-0.05, 0) is 44.9 Å². The Morgan fingerprint density at radius 1 is 0.800 bits per heavy atom. The van der Waals surface area contributed by atoms with E-state index < -0.39 is 0 Å². The summed E-state index contributed by atoms with van der Waals surface area (Å²) in [5.41, 5.74) is -0.357. The molecule has 2 saturated heterocycles. The zero-order valence-electron chi connectivity index (χ0n) is 16.1. The molecule has 2 bridgehead atoms. The maximum Gasteiger partial charge on any atom is 0.318 e. The molecule has 3 aliphatic rings. The van der Waals surface area contributed by atoms with Crippen LogP contribution in [-0.2, 0) is 4.79 Å². The standard InChI is InChI=1S/C20H35N3O2/c1-20(2,3)18(24)21-15-12-16-10-7-11-17(13-15)23(16)19(25)22-14-8-5-4-6-9-14/h14-17H,4-13H2,1-3H3,(H,21,24)(H,22,25)/t16-,17-/m1/s1. The topological polar surface area (TPSA) is 61.4 Å². The van der Waals surface area contributed by atoms with Crippen LogP contribution in [0, 0.1) is 5.41 Å². The lowest BCUT2D eigenvalue weighted by Crippen LogP contribution is -2.62. The third-order valence-corrected chi connectivity index (χ3v) is 6.16. The second-order valence-corrected chi connectivity index (χ2v) is 9.32. The molecule has 1 aliphatic carbocycles. The first kappa shape index (κ1) is 18.5. The Bertz CT molecular complexity index is 480. The van der Waals surface area contributed by atoms with E-state index in [0.717, 1.165) is 38.5 Å². The predicted molar refractivity (Wildman–Crippen MR) is 99.3 cm³/mol. The molecule has 5 nitrogen and oxygen atoms in total. The Balaban J connectivity index is 1.59. The van der Waals surface area contributed by atoms with Gasteiger partial charge in [-0.15, -0.1) is 0 Å². The van der Waals surface area contributed by atoms with Gasteiger partial charge < -0.3 is 15.5 Å². The smallest absolute Gasteiger partial charge is 0.318 e. The van der Waals surface area contributed by atoms with E-state index in [9.17, 15) is 9.59 Å². The van der Waals surface area contributed by atoms with Gasteiger partial charge in [0.05, 0.1) is 0 Å². The van der Waals surface area contributed by atoms with Crippen molar-refractivity contribution < 1.29 is 9.59 Å². The third-order valence-electron chi connectivity index (χ3n) is 6.16. The molecule has 1 saturated carbocycles. The quantitative estimate of drug-likeness (QED) is 0.800. The predicted octanol–water partition coefficient (Wildman–Crippen LogP) is 3.58. The second-order valence-electron chi connectivity index (χ2n) is 9.32. The average Bonchev–Trinajstić information content (AvgIpc) is 2.54. The number of nitrogens with one attached hydrogen (secondary N) is 2. The first-order valence-electron chi connectivity index (χ1n) is 10.2. The Labute approximate surface area is 152 Å². The van der Waals surface area contributed by atoms with Gasteiger partial charge in [-0.2, -0.15) is 0 Å². The van der Waals surface area contributed by atoms with Gasteiger partial charge in [0.1, 0.15) is 0 Å². The minimum Gasteiger partial charge on any atom is -0.353 e. The van der Waals surface area contributed by atoms with Crippen molar-refractivity contribution in [1.29, 1.82) is 0 Å². The molecular formula is C20H35N3O2. The molecule has 3 rings (SSSR count). The fourth-order valence-electron chi connectivity index (χ4n) is 4.73. The molecule has 2 N–H and O–H groups in total. The zero-order valence-corrected chi connectivity index (χ0v) is 16.1. The molecule has 0 aromatic rings. The minimum atomic E-state index is -0.357. The van der Waals surface area contributed by atoms with E-state index in [1.807, 2.05) is 20.8 Å². The number of rotatable bonds is 2. The van der Waals surface area contributed by atoms with E-state index in [4.69, 9.17) is 0 Å². The SMILES string of the molecule is CC(C)(C)C(=O)NC1C[C@H]2CCC[C@H](C1)N2C(=O)NC1CCCCC1. The van der Waals surface area contributed by atoms with E-state index >= 15 is 0 Å². The number of amides is 3. The van der Waals surface area contributed by atoms with Crippen LogP contribution in [0.1, 0.15) is 85.0 Å². The van der Waals surface area contributed by atoms with Crippen LogP contribution in [0.2, 0.25) is 0 Å². The van der Waals surface area contributed by atoms with Crippen molar-refractivity contribution in [1.82, 2.24) is 15.5 Å². The highest BCUT2D eigenvalue weighted by atomic mass is 16.2. The molecule has 142 valence electrons. The Hall–Kier alpha value is -1.26. The largest absolute Gasteiger partial charge is 0.353 e. The third kappa shape index (κ3) is 4.48. The van der Waals surface area contributed by atoms with Crippen LogP contribution in [0.5, 0.6) is 0 Å².